The molecule has 3 aromatic carbocycles. The maximum absolute atomic E-state index is 12.6. The number of pyridine rings is 3. The Kier molecular flexibility index (Phi) is 9.33. The van der Waals surface area contributed by atoms with Crippen molar-refractivity contribution in [2.24, 2.45) is 0 Å². The first-order chi connectivity index (χ1) is 23.2. The summed E-state index contributed by atoms with van der Waals surface area (Å²) in [4.78, 5) is 31.4. The Morgan fingerprint density at radius 3 is 1.81 bits per heavy atom. The summed E-state index contributed by atoms with van der Waals surface area (Å²) < 4.78 is 5.64. The number of ether oxygens (including phenoxy) is 1. The number of nitrogens with zero attached hydrogens (tertiary/aromatic N) is 4. The van der Waals surface area contributed by atoms with E-state index >= 15 is 0 Å². The average molecular weight is 635 g/mol. The quantitative estimate of drug-likeness (QED) is 0.104. The number of fused-ring (bicyclic) bond motifs is 2. The SMILES string of the molecule is O=C(CCCCCN1c2ccccc2Sc2ccccc21)OCc1ccc(-c2cc(-c3ccccn3)nc(-c3ccccn3)c2)cc1. The van der Waals surface area contributed by atoms with Crippen molar-refractivity contribution in [1.82, 2.24) is 15.0 Å². The van der Waals surface area contributed by atoms with Crippen LogP contribution in [0.15, 0.2) is 144 Å². The highest BCUT2D eigenvalue weighted by Crippen LogP contribution is 2.47. The molecule has 1 aliphatic heterocycles. The smallest absolute Gasteiger partial charge is 0.306 e. The van der Waals surface area contributed by atoms with E-state index in [1.54, 1.807) is 12.4 Å². The van der Waals surface area contributed by atoms with E-state index in [4.69, 9.17) is 9.72 Å². The lowest BCUT2D eigenvalue weighted by molar-refractivity contribution is -0.145. The van der Waals surface area contributed by atoms with Gasteiger partial charge in [0.05, 0.1) is 34.2 Å². The Morgan fingerprint density at radius 2 is 1.21 bits per heavy atom. The van der Waals surface area contributed by atoms with Gasteiger partial charge in [0, 0.05) is 35.2 Å². The Bertz CT molecular complexity index is 1860. The van der Waals surface area contributed by atoms with E-state index < -0.39 is 0 Å². The monoisotopic (exact) mass is 634 g/mol. The van der Waals surface area contributed by atoms with Crippen LogP contribution in [0.2, 0.25) is 0 Å². The minimum Gasteiger partial charge on any atom is -0.461 e. The van der Waals surface area contributed by atoms with Crippen molar-refractivity contribution < 1.29 is 9.53 Å². The van der Waals surface area contributed by atoms with Crippen LogP contribution in [0, 0.1) is 0 Å². The molecule has 6 nitrogen and oxygen atoms in total. The first-order valence-corrected chi connectivity index (χ1v) is 16.8. The van der Waals surface area contributed by atoms with E-state index in [-0.39, 0.29) is 12.6 Å². The molecule has 0 unspecified atom stereocenters. The van der Waals surface area contributed by atoms with E-state index in [1.165, 1.54) is 21.2 Å². The number of para-hydroxylation sites is 2. The van der Waals surface area contributed by atoms with Gasteiger partial charge in [-0.05, 0) is 90.2 Å². The summed E-state index contributed by atoms with van der Waals surface area (Å²) in [6.45, 7) is 1.17. The van der Waals surface area contributed by atoms with Crippen molar-refractivity contribution in [3.8, 4) is 33.9 Å². The number of rotatable bonds is 11. The summed E-state index contributed by atoms with van der Waals surface area (Å²) in [5.74, 6) is -0.159. The molecule has 0 amide bonds. The summed E-state index contributed by atoms with van der Waals surface area (Å²) in [5.41, 5.74) is 8.69. The molecule has 0 spiro atoms. The number of benzene rings is 3. The highest BCUT2D eigenvalue weighted by atomic mass is 32.2. The third-order valence-electron chi connectivity index (χ3n) is 8.16. The van der Waals surface area contributed by atoms with Crippen LogP contribution < -0.4 is 4.90 Å². The van der Waals surface area contributed by atoms with E-state index in [1.807, 2.05) is 72.4 Å². The number of unbranched alkanes of at least 4 members (excludes halogenated alkanes) is 2. The molecule has 6 aromatic rings. The van der Waals surface area contributed by atoms with Crippen LogP contribution in [0.3, 0.4) is 0 Å². The molecule has 0 bridgehead atoms. The van der Waals surface area contributed by atoms with Crippen LogP contribution in [0.5, 0.6) is 0 Å². The lowest BCUT2D eigenvalue weighted by atomic mass is 10.0. The van der Waals surface area contributed by atoms with Crippen molar-refractivity contribution >= 4 is 29.1 Å². The van der Waals surface area contributed by atoms with Crippen molar-refractivity contribution in [3.05, 3.63) is 139 Å². The van der Waals surface area contributed by atoms with E-state index in [9.17, 15) is 4.79 Å². The number of anilines is 2. The molecular formula is C40H34N4O2S. The fraction of sp³-hybridized carbons (Fsp3) is 0.150. The summed E-state index contributed by atoms with van der Waals surface area (Å²) in [7, 11) is 0. The molecule has 0 aliphatic carbocycles. The Labute approximate surface area is 279 Å². The number of carbonyl (C=O) groups excluding carboxylic acids is 1. The van der Waals surface area contributed by atoms with Gasteiger partial charge in [-0.25, -0.2) is 4.98 Å². The van der Waals surface area contributed by atoms with Gasteiger partial charge in [-0.2, -0.15) is 0 Å². The van der Waals surface area contributed by atoms with E-state index in [2.05, 4.69) is 75.5 Å². The van der Waals surface area contributed by atoms with E-state index in [0.717, 1.165) is 65.3 Å². The lowest BCUT2D eigenvalue weighted by Gasteiger charge is -2.32. The molecule has 232 valence electrons. The van der Waals surface area contributed by atoms with Gasteiger partial charge < -0.3 is 9.64 Å². The standard InChI is InChI=1S/C40H34N4O2S/c45-40(18-2-1-11-25-44-36-14-3-5-16-38(36)47-39-17-6-4-15-37(39)44)46-28-29-19-21-30(22-20-29)31-26-34(32-12-7-9-23-41-32)43-35(27-31)33-13-8-10-24-42-33/h3-10,12-17,19-24,26-27H,1-2,11,18,25,28H2. The number of hydrogen-bond donors (Lipinski definition) is 0. The molecule has 0 N–H and O–H groups in total. The second-order valence-corrected chi connectivity index (χ2v) is 12.5. The van der Waals surface area contributed by atoms with E-state index in [0.29, 0.717) is 6.42 Å². The molecule has 0 radical (unpaired) electrons. The molecule has 0 saturated heterocycles. The second kappa shape index (κ2) is 14.4. The summed E-state index contributed by atoms with van der Waals surface area (Å²) in [5, 5.41) is 0. The maximum Gasteiger partial charge on any atom is 0.306 e. The molecule has 0 saturated carbocycles. The Morgan fingerprint density at radius 1 is 0.617 bits per heavy atom. The van der Waals surface area contributed by atoms with Gasteiger partial charge in [0.25, 0.3) is 0 Å². The number of carbonyl (C=O) groups is 1. The van der Waals surface area contributed by atoms with Gasteiger partial charge in [-0.1, -0.05) is 78.8 Å². The van der Waals surface area contributed by atoms with Crippen LogP contribution in [0.25, 0.3) is 33.9 Å². The summed E-state index contributed by atoms with van der Waals surface area (Å²) in [6.07, 6.45) is 6.74. The fourth-order valence-corrected chi connectivity index (χ4v) is 6.85. The predicted octanol–water partition coefficient (Wildman–Crippen LogP) is 9.78. The number of aromatic nitrogens is 3. The third kappa shape index (κ3) is 7.26. The third-order valence-corrected chi connectivity index (χ3v) is 9.29. The van der Waals surface area contributed by atoms with Gasteiger partial charge in [0.15, 0.2) is 0 Å². The highest BCUT2D eigenvalue weighted by molar-refractivity contribution is 7.99. The zero-order valence-corrected chi connectivity index (χ0v) is 26.8. The van der Waals surface area contributed by atoms with Crippen molar-refractivity contribution in [2.45, 2.75) is 42.1 Å². The minimum absolute atomic E-state index is 0.159. The van der Waals surface area contributed by atoms with Gasteiger partial charge in [0.2, 0.25) is 0 Å². The molecule has 7 rings (SSSR count). The van der Waals surface area contributed by atoms with Gasteiger partial charge >= 0.3 is 5.97 Å². The first kappa shape index (κ1) is 30.4. The largest absolute Gasteiger partial charge is 0.461 e. The van der Waals surface area contributed by atoms with Crippen molar-refractivity contribution in [2.75, 3.05) is 11.4 Å². The maximum atomic E-state index is 12.6. The minimum atomic E-state index is -0.159. The molecule has 47 heavy (non-hydrogen) atoms. The molecular weight excluding hydrogens is 601 g/mol. The molecule has 4 heterocycles. The average Bonchev–Trinajstić information content (AvgIpc) is 3.14. The van der Waals surface area contributed by atoms with Crippen LogP contribution in [-0.4, -0.2) is 27.5 Å². The summed E-state index contributed by atoms with van der Waals surface area (Å²) in [6, 6.07) is 41.0. The Balaban J connectivity index is 0.928. The van der Waals surface area contributed by atoms with Crippen molar-refractivity contribution in [3.63, 3.8) is 0 Å². The zero-order valence-electron chi connectivity index (χ0n) is 26.0. The van der Waals surface area contributed by atoms with Crippen LogP contribution in [-0.2, 0) is 16.1 Å². The number of hydrogen-bond acceptors (Lipinski definition) is 7. The predicted molar refractivity (Wildman–Crippen MR) is 188 cm³/mol. The number of esters is 1. The lowest BCUT2D eigenvalue weighted by Crippen LogP contribution is -2.21. The Hall–Kier alpha value is -5.27. The fourth-order valence-electron chi connectivity index (χ4n) is 5.76. The van der Waals surface area contributed by atoms with Crippen LogP contribution in [0.4, 0.5) is 11.4 Å². The molecule has 0 fully saturated rings. The topological polar surface area (TPSA) is 68.2 Å². The molecule has 0 atom stereocenters. The zero-order chi connectivity index (χ0) is 31.8. The molecule has 1 aliphatic rings. The second-order valence-electron chi connectivity index (χ2n) is 11.4. The highest BCUT2D eigenvalue weighted by Gasteiger charge is 2.22. The summed E-state index contributed by atoms with van der Waals surface area (Å²) >= 11 is 1.83. The van der Waals surface area contributed by atoms with Crippen LogP contribution in [0.1, 0.15) is 31.2 Å². The van der Waals surface area contributed by atoms with Gasteiger partial charge in [-0.3, -0.25) is 14.8 Å². The first-order valence-electron chi connectivity index (χ1n) is 15.9. The van der Waals surface area contributed by atoms with Crippen LogP contribution >= 0.6 is 11.8 Å². The normalized spacial score (nSPS) is 11.9. The van der Waals surface area contributed by atoms with Gasteiger partial charge in [0.1, 0.15) is 6.61 Å². The van der Waals surface area contributed by atoms with Crippen molar-refractivity contribution in [1.29, 1.82) is 0 Å². The van der Waals surface area contributed by atoms with Gasteiger partial charge in [-0.15, -0.1) is 0 Å². The molecule has 7 heteroatoms. The molecule has 3 aromatic heterocycles.